The van der Waals surface area contributed by atoms with Crippen molar-refractivity contribution in [2.24, 2.45) is 0 Å². The lowest BCUT2D eigenvalue weighted by molar-refractivity contribution is 0.0238. The summed E-state index contributed by atoms with van der Waals surface area (Å²) in [6.45, 7) is 5.10. The largest absolute Gasteiger partial charge is 0.493 e. The fraction of sp³-hybridized carbons (Fsp3) is 0.393. The summed E-state index contributed by atoms with van der Waals surface area (Å²) >= 11 is 0. The van der Waals surface area contributed by atoms with E-state index in [4.69, 9.17) is 9.47 Å². The van der Waals surface area contributed by atoms with Gasteiger partial charge in [-0.2, -0.15) is 0 Å². The van der Waals surface area contributed by atoms with Crippen molar-refractivity contribution < 1.29 is 14.3 Å². The molecule has 2 unspecified atom stereocenters. The Morgan fingerprint density at radius 1 is 1.00 bits per heavy atom. The van der Waals surface area contributed by atoms with Gasteiger partial charge in [0.2, 0.25) is 0 Å². The SMILES string of the molecule is CCC(N1CCc2cc(OC)c(OC)cc2C1=O)N(C)C(C)Cc1ccc2ccccc2c1. The number of rotatable bonds is 8. The number of benzene rings is 3. The molecule has 1 amide bonds. The number of amides is 1. The van der Waals surface area contributed by atoms with Gasteiger partial charge in [0.25, 0.3) is 5.91 Å². The molecule has 0 bridgehead atoms. The summed E-state index contributed by atoms with van der Waals surface area (Å²) < 4.78 is 10.9. The number of fused-ring (bicyclic) bond motifs is 2. The standard InChI is InChI=1S/C28H34N2O3/c1-6-27(29(3)19(2)15-20-11-12-21-9-7-8-10-22(21)16-20)30-14-13-23-17-25(32-4)26(33-5)18-24(23)28(30)31/h7-12,16-19,27H,6,13-15H2,1-5H3. The fourth-order valence-corrected chi connectivity index (χ4v) is 4.98. The number of hydrogen-bond acceptors (Lipinski definition) is 4. The van der Waals surface area contributed by atoms with Crippen molar-refractivity contribution in [2.45, 2.75) is 45.3 Å². The lowest BCUT2D eigenvalue weighted by atomic mass is 9.96. The summed E-state index contributed by atoms with van der Waals surface area (Å²) in [5, 5.41) is 2.53. The topological polar surface area (TPSA) is 42.0 Å². The molecule has 3 aromatic carbocycles. The average molecular weight is 447 g/mol. The van der Waals surface area contributed by atoms with Crippen LogP contribution in [0.5, 0.6) is 11.5 Å². The molecule has 174 valence electrons. The Morgan fingerprint density at radius 2 is 1.70 bits per heavy atom. The molecule has 0 saturated carbocycles. The first-order valence-electron chi connectivity index (χ1n) is 11.7. The molecule has 1 heterocycles. The van der Waals surface area contributed by atoms with E-state index in [0.29, 0.717) is 23.6 Å². The van der Waals surface area contributed by atoms with E-state index in [1.807, 2.05) is 17.0 Å². The quantitative estimate of drug-likeness (QED) is 0.480. The number of ether oxygens (including phenoxy) is 2. The van der Waals surface area contributed by atoms with Crippen molar-refractivity contribution >= 4 is 16.7 Å². The molecule has 1 aliphatic heterocycles. The molecule has 0 aromatic heterocycles. The van der Waals surface area contributed by atoms with Gasteiger partial charge >= 0.3 is 0 Å². The molecule has 2 atom stereocenters. The summed E-state index contributed by atoms with van der Waals surface area (Å²) in [4.78, 5) is 17.9. The van der Waals surface area contributed by atoms with E-state index in [2.05, 4.69) is 68.3 Å². The van der Waals surface area contributed by atoms with Gasteiger partial charge in [-0.1, -0.05) is 49.4 Å². The highest BCUT2D eigenvalue weighted by Crippen LogP contribution is 2.34. The number of methoxy groups -OCH3 is 2. The molecule has 0 spiro atoms. The second kappa shape index (κ2) is 9.84. The molecular formula is C28H34N2O3. The van der Waals surface area contributed by atoms with Crippen LogP contribution in [0.25, 0.3) is 10.8 Å². The maximum absolute atomic E-state index is 13.5. The van der Waals surface area contributed by atoms with Gasteiger partial charge in [0.05, 0.1) is 20.4 Å². The third kappa shape index (κ3) is 4.55. The number of hydrogen-bond donors (Lipinski definition) is 0. The minimum atomic E-state index is 0.0363. The third-order valence-electron chi connectivity index (χ3n) is 6.96. The Bertz CT molecular complexity index is 1140. The van der Waals surface area contributed by atoms with Crippen LogP contribution in [0.15, 0.2) is 54.6 Å². The van der Waals surface area contributed by atoms with E-state index in [1.54, 1.807) is 14.2 Å². The van der Waals surface area contributed by atoms with Crippen LogP contribution in [0.2, 0.25) is 0 Å². The summed E-state index contributed by atoms with van der Waals surface area (Å²) in [5.41, 5.74) is 3.05. The molecule has 0 radical (unpaired) electrons. The van der Waals surface area contributed by atoms with Crippen LogP contribution in [0.1, 0.15) is 41.8 Å². The number of carbonyl (C=O) groups is 1. The summed E-state index contributed by atoms with van der Waals surface area (Å²) in [7, 11) is 5.36. The molecular weight excluding hydrogens is 412 g/mol. The Balaban J connectivity index is 1.53. The van der Waals surface area contributed by atoms with E-state index >= 15 is 0 Å². The monoisotopic (exact) mass is 446 g/mol. The van der Waals surface area contributed by atoms with Crippen LogP contribution in [-0.4, -0.2) is 55.7 Å². The molecule has 0 N–H and O–H groups in total. The molecule has 5 nitrogen and oxygen atoms in total. The minimum Gasteiger partial charge on any atom is -0.493 e. The summed E-state index contributed by atoms with van der Waals surface area (Å²) in [5.74, 6) is 1.33. The fourth-order valence-electron chi connectivity index (χ4n) is 4.98. The van der Waals surface area contributed by atoms with Gasteiger partial charge in [0.15, 0.2) is 11.5 Å². The second-order valence-corrected chi connectivity index (χ2v) is 8.90. The maximum Gasteiger partial charge on any atom is 0.255 e. The van der Waals surface area contributed by atoms with Crippen LogP contribution < -0.4 is 9.47 Å². The van der Waals surface area contributed by atoms with Crippen LogP contribution >= 0.6 is 0 Å². The second-order valence-electron chi connectivity index (χ2n) is 8.90. The lowest BCUT2D eigenvalue weighted by Crippen LogP contribution is -2.54. The maximum atomic E-state index is 13.5. The van der Waals surface area contributed by atoms with Gasteiger partial charge < -0.3 is 14.4 Å². The highest BCUT2D eigenvalue weighted by Gasteiger charge is 2.33. The van der Waals surface area contributed by atoms with Gasteiger partial charge in [0, 0.05) is 18.2 Å². The van der Waals surface area contributed by atoms with Crippen molar-refractivity contribution in [1.29, 1.82) is 0 Å². The first-order valence-corrected chi connectivity index (χ1v) is 11.7. The van der Waals surface area contributed by atoms with Gasteiger partial charge in [-0.25, -0.2) is 0 Å². The number of likely N-dealkylation sites (N-methyl/N-ethyl adjacent to an activating group) is 1. The van der Waals surface area contributed by atoms with E-state index in [9.17, 15) is 4.79 Å². The van der Waals surface area contributed by atoms with Crippen LogP contribution in [0.3, 0.4) is 0 Å². The third-order valence-corrected chi connectivity index (χ3v) is 6.96. The van der Waals surface area contributed by atoms with Crippen molar-refractivity contribution in [1.82, 2.24) is 9.80 Å². The smallest absolute Gasteiger partial charge is 0.255 e. The molecule has 0 saturated heterocycles. The molecule has 0 fully saturated rings. The van der Waals surface area contributed by atoms with E-state index in [-0.39, 0.29) is 18.1 Å². The van der Waals surface area contributed by atoms with Crippen molar-refractivity contribution in [2.75, 3.05) is 27.8 Å². The van der Waals surface area contributed by atoms with Crippen LogP contribution in [0.4, 0.5) is 0 Å². The van der Waals surface area contributed by atoms with E-state index in [1.165, 1.54) is 16.3 Å². The highest BCUT2D eigenvalue weighted by molar-refractivity contribution is 5.97. The number of carbonyl (C=O) groups excluding carboxylic acids is 1. The molecule has 4 rings (SSSR count). The molecule has 0 aliphatic carbocycles. The predicted octanol–water partition coefficient (Wildman–Crippen LogP) is 5.15. The first kappa shape index (κ1) is 23.1. The normalized spacial score (nSPS) is 15.5. The Kier molecular flexibility index (Phi) is 6.89. The zero-order valence-corrected chi connectivity index (χ0v) is 20.3. The van der Waals surface area contributed by atoms with Crippen molar-refractivity contribution in [3.8, 4) is 11.5 Å². The Morgan fingerprint density at radius 3 is 2.39 bits per heavy atom. The van der Waals surface area contributed by atoms with Gasteiger partial charge in [-0.15, -0.1) is 0 Å². The first-order chi connectivity index (χ1) is 16.0. The van der Waals surface area contributed by atoms with E-state index < -0.39 is 0 Å². The lowest BCUT2D eigenvalue weighted by Gasteiger charge is -2.42. The highest BCUT2D eigenvalue weighted by atomic mass is 16.5. The zero-order chi connectivity index (χ0) is 23.5. The molecule has 3 aromatic rings. The zero-order valence-electron chi connectivity index (χ0n) is 20.3. The number of nitrogens with zero attached hydrogens (tertiary/aromatic N) is 2. The van der Waals surface area contributed by atoms with E-state index in [0.717, 1.165) is 24.8 Å². The summed E-state index contributed by atoms with van der Waals surface area (Å²) in [6.07, 6.45) is 2.65. The van der Waals surface area contributed by atoms with Gasteiger partial charge in [-0.3, -0.25) is 9.69 Å². The predicted molar refractivity (Wildman–Crippen MR) is 133 cm³/mol. The van der Waals surface area contributed by atoms with Crippen LogP contribution in [-0.2, 0) is 12.8 Å². The Hall–Kier alpha value is -3.05. The van der Waals surface area contributed by atoms with Crippen molar-refractivity contribution in [3.05, 3.63) is 71.3 Å². The van der Waals surface area contributed by atoms with Crippen molar-refractivity contribution in [3.63, 3.8) is 0 Å². The Labute approximate surface area is 196 Å². The van der Waals surface area contributed by atoms with Gasteiger partial charge in [0.1, 0.15) is 0 Å². The molecule has 1 aliphatic rings. The van der Waals surface area contributed by atoms with Crippen LogP contribution in [0, 0.1) is 0 Å². The average Bonchev–Trinajstić information content (AvgIpc) is 2.84. The summed E-state index contributed by atoms with van der Waals surface area (Å²) in [6, 6.07) is 19.2. The molecule has 33 heavy (non-hydrogen) atoms. The molecule has 5 heteroatoms. The van der Waals surface area contributed by atoms with Gasteiger partial charge in [-0.05, 0) is 67.3 Å². The minimum absolute atomic E-state index is 0.0363.